The monoisotopic (exact) mass is 292 g/mol. The molecule has 2 rings (SSSR count). The molecule has 0 bridgehead atoms. The molecule has 0 fully saturated rings. The largest absolute Gasteiger partial charge is 0.344 e. The van der Waals surface area contributed by atoms with Crippen LogP contribution in [0.2, 0.25) is 5.02 Å². The zero-order chi connectivity index (χ0) is 14.7. The first-order valence-corrected chi connectivity index (χ1v) is 6.53. The van der Waals surface area contributed by atoms with Crippen molar-refractivity contribution in [3.05, 3.63) is 64.2 Å². The second-order valence-electron chi connectivity index (χ2n) is 4.56. The summed E-state index contributed by atoms with van der Waals surface area (Å²) in [4.78, 5) is 16.0. The van der Waals surface area contributed by atoms with Crippen LogP contribution in [0.4, 0.5) is 4.39 Å². The summed E-state index contributed by atoms with van der Waals surface area (Å²) < 4.78 is 13.5. The predicted molar refractivity (Wildman–Crippen MR) is 76.3 cm³/mol. The number of nitrogens with zero attached hydrogens (tertiary/aromatic N) is 1. The molecule has 0 saturated carbocycles. The third-order valence-electron chi connectivity index (χ3n) is 3.00. The van der Waals surface area contributed by atoms with Gasteiger partial charge >= 0.3 is 0 Å². The van der Waals surface area contributed by atoms with E-state index in [9.17, 15) is 9.18 Å². The van der Waals surface area contributed by atoms with Crippen molar-refractivity contribution >= 4 is 17.5 Å². The topological polar surface area (TPSA) is 42.0 Å². The number of amides is 1. The van der Waals surface area contributed by atoms with Crippen LogP contribution in [0.1, 0.15) is 34.6 Å². The number of rotatable bonds is 3. The number of carbonyl (C=O) groups excluding carboxylic acids is 1. The van der Waals surface area contributed by atoms with Gasteiger partial charge in [0.15, 0.2) is 0 Å². The van der Waals surface area contributed by atoms with Crippen LogP contribution in [0.15, 0.2) is 36.5 Å². The first kappa shape index (κ1) is 14.5. The Hall–Kier alpha value is -1.94. The molecule has 1 atom stereocenters. The Morgan fingerprint density at radius 1 is 1.35 bits per heavy atom. The predicted octanol–water partition coefficient (Wildman–Crippen LogP) is 3.67. The normalized spacial score (nSPS) is 12.0. The molecule has 0 aliphatic rings. The van der Waals surface area contributed by atoms with Gasteiger partial charge in [-0.05, 0) is 43.2 Å². The summed E-state index contributed by atoms with van der Waals surface area (Å²) >= 11 is 5.81. The molecule has 0 spiro atoms. The van der Waals surface area contributed by atoms with Crippen LogP contribution < -0.4 is 5.32 Å². The van der Waals surface area contributed by atoms with Crippen LogP contribution in [-0.4, -0.2) is 10.9 Å². The minimum atomic E-state index is -0.346. The Morgan fingerprint density at radius 2 is 2.10 bits per heavy atom. The number of hydrogen-bond acceptors (Lipinski definition) is 2. The van der Waals surface area contributed by atoms with E-state index in [4.69, 9.17) is 11.6 Å². The van der Waals surface area contributed by atoms with Gasteiger partial charge in [0.2, 0.25) is 0 Å². The fourth-order valence-corrected chi connectivity index (χ4v) is 1.92. The highest BCUT2D eigenvalue weighted by atomic mass is 35.5. The molecule has 0 saturated heterocycles. The summed E-state index contributed by atoms with van der Waals surface area (Å²) in [6.07, 6.45) is 1.47. The molecular formula is C15H14ClFN2O. The highest BCUT2D eigenvalue weighted by Gasteiger charge is 2.13. The van der Waals surface area contributed by atoms with Crippen LogP contribution in [-0.2, 0) is 0 Å². The van der Waals surface area contributed by atoms with Gasteiger partial charge in [-0.25, -0.2) is 4.39 Å². The number of aryl methyl sites for hydroxylation is 1. The molecule has 3 nitrogen and oxygen atoms in total. The van der Waals surface area contributed by atoms with Crippen LogP contribution in [0, 0.1) is 12.7 Å². The third kappa shape index (κ3) is 3.33. The lowest BCUT2D eigenvalue weighted by molar-refractivity contribution is 0.0935. The number of halogens is 2. The summed E-state index contributed by atoms with van der Waals surface area (Å²) in [5, 5.41) is 3.20. The van der Waals surface area contributed by atoms with Gasteiger partial charge in [-0.2, -0.15) is 0 Å². The van der Waals surface area contributed by atoms with E-state index in [1.807, 2.05) is 0 Å². The van der Waals surface area contributed by atoms with Crippen molar-refractivity contribution in [2.24, 2.45) is 0 Å². The fourth-order valence-electron chi connectivity index (χ4n) is 1.76. The molecule has 1 aromatic carbocycles. The highest BCUT2D eigenvalue weighted by Crippen LogP contribution is 2.17. The zero-order valence-corrected chi connectivity index (χ0v) is 11.9. The molecule has 2 aromatic rings. The van der Waals surface area contributed by atoms with Crippen molar-refractivity contribution in [3.63, 3.8) is 0 Å². The van der Waals surface area contributed by atoms with E-state index in [1.165, 1.54) is 18.3 Å². The van der Waals surface area contributed by atoms with E-state index in [1.54, 1.807) is 32.0 Å². The van der Waals surface area contributed by atoms with Gasteiger partial charge in [-0.15, -0.1) is 0 Å². The molecular weight excluding hydrogens is 279 g/mol. The van der Waals surface area contributed by atoms with Crippen molar-refractivity contribution in [1.29, 1.82) is 0 Å². The lowest BCUT2D eigenvalue weighted by Gasteiger charge is -2.14. The SMILES string of the molecule is Cc1ccc(C(C)NC(=O)c2cc(Cl)ccn2)cc1F. The molecule has 0 aliphatic heterocycles. The smallest absolute Gasteiger partial charge is 0.270 e. The molecule has 5 heteroatoms. The average molecular weight is 293 g/mol. The Balaban J connectivity index is 2.13. The second kappa shape index (κ2) is 6.01. The number of benzene rings is 1. The molecule has 1 N–H and O–H groups in total. The van der Waals surface area contributed by atoms with Gasteiger partial charge in [0, 0.05) is 11.2 Å². The van der Waals surface area contributed by atoms with E-state index in [-0.39, 0.29) is 23.5 Å². The van der Waals surface area contributed by atoms with E-state index < -0.39 is 0 Å². The van der Waals surface area contributed by atoms with Crippen LogP contribution >= 0.6 is 11.6 Å². The minimum Gasteiger partial charge on any atom is -0.344 e. The van der Waals surface area contributed by atoms with E-state index in [0.29, 0.717) is 16.1 Å². The third-order valence-corrected chi connectivity index (χ3v) is 3.23. The highest BCUT2D eigenvalue weighted by molar-refractivity contribution is 6.30. The number of nitrogens with one attached hydrogen (secondary N) is 1. The lowest BCUT2D eigenvalue weighted by Crippen LogP contribution is -2.27. The molecule has 1 unspecified atom stereocenters. The molecule has 104 valence electrons. The Bertz CT molecular complexity index is 646. The van der Waals surface area contributed by atoms with Gasteiger partial charge in [-0.1, -0.05) is 23.7 Å². The van der Waals surface area contributed by atoms with Crippen molar-refractivity contribution in [3.8, 4) is 0 Å². The zero-order valence-electron chi connectivity index (χ0n) is 11.2. The molecule has 0 aliphatic carbocycles. The molecule has 1 aromatic heterocycles. The van der Waals surface area contributed by atoms with E-state index >= 15 is 0 Å². The van der Waals surface area contributed by atoms with E-state index in [2.05, 4.69) is 10.3 Å². The number of hydrogen-bond donors (Lipinski definition) is 1. The van der Waals surface area contributed by atoms with Gasteiger partial charge in [0.05, 0.1) is 6.04 Å². The minimum absolute atomic E-state index is 0.233. The molecule has 0 radical (unpaired) electrons. The maximum absolute atomic E-state index is 13.5. The van der Waals surface area contributed by atoms with Gasteiger partial charge in [-0.3, -0.25) is 9.78 Å². The molecule has 20 heavy (non-hydrogen) atoms. The second-order valence-corrected chi connectivity index (χ2v) is 5.00. The average Bonchev–Trinajstić information content (AvgIpc) is 2.41. The quantitative estimate of drug-likeness (QED) is 0.938. The molecule has 1 heterocycles. The first-order valence-electron chi connectivity index (χ1n) is 6.16. The fraction of sp³-hybridized carbons (Fsp3) is 0.200. The Kier molecular flexibility index (Phi) is 4.35. The van der Waals surface area contributed by atoms with Crippen LogP contribution in [0.25, 0.3) is 0 Å². The van der Waals surface area contributed by atoms with Gasteiger partial charge in [0.1, 0.15) is 11.5 Å². The van der Waals surface area contributed by atoms with Crippen molar-refractivity contribution in [1.82, 2.24) is 10.3 Å². The molecule has 1 amide bonds. The summed E-state index contributed by atoms with van der Waals surface area (Å²) in [6.45, 7) is 3.48. The van der Waals surface area contributed by atoms with Crippen molar-refractivity contribution in [2.45, 2.75) is 19.9 Å². The Morgan fingerprint density at radius 3 is 2.75 bits per heavy atom. The Labute approximate surface area is 121 Å². The van der Waals surface area contributed by atoms with Gasteiger partial charge < -0.3 is 5.32 Å². The summed E-state index contributed by atoms with van der Waals surface area (Å²) in [5.41, 5.74) is 1.50. The standard InChI is InChI=1S/C15H14ClFN2O/c1-9-3-4-11(7-13(9)17)10(2)19-15(20)14-8-12(16)5-6-18-14/h3-8,10H,1-2H3,(H,19,20). The van der Waals surface area contributed by atoms with Crippen LogP contribution in [0.5, 0.6) is 0 Å². The van der Waals surface area contributed by atoms with E-state index in [0.717, 1.165) is 0 Å². The number of aromatic nitrogens is 1. The van der Waals surface area contributed by atoms with Crippen molar-refractivity contribution in [2.75, 3.05) is 0 Å². The maximum Gasteiger partial charge on any atom is 0.270 e. The maximum atomic E-state index is 13.5. The lowest BCUT2D eigenvalue weighted by atomic mass is 10.1. The summed E-state index contributed by atoms with van der Waals surface area (Å²) in [7, 11) is 0. The van der Waals surface area contributed by atoms with Crippen LogP contribution in [0.3, 0.4) is 0 Å². The summed E-state index contributed by atoms with van der Waals surface area (Å²) in [5.74, 6) is -0.634. The van der Waals surface area contributed by atoms with Gasteiger partial charge in [0.25, 0.3) is 5.91 Å². The number of pyridine rings is 1. The number of carbonyl (C=O) groups is 1. The van der Waals surface area contributed by atoms with Crippen molar-refractivity contribution < 1.29 is 9.18 Å². The summed E-state index contributed by atoms with van der Waals surface area (Å²) in [6, 6.07) is 7.65. The first-order chi connectivity index (χ1) is 9.47.